The van der Waals surface area contributed by atoms with Crippen LogP contribution in [-0.4, -0.2) is 29.1 Å². The second-order valence-electron chi connectivity index (χ2n) is 4.10. The summed E-state index contributed by atoms with van der Waals surface area (Å²) in [6, 6.07) is 7.87. The maximum absolute atomic E-state index is 11.9. The Labute approximate surface area is 118 Å². The first-order chi connectivity index (χ1) is 9.24. The summed E-state index contributed by atoms with van der Waals surface area (Å²) in [5.41, 5.74) is 0.723. The highest BCUT2D eigenvalue weighted by atomic mass is 32.2. The van der Waals surface area contributed by atoms with Gasteiger partial charge >= 0.3 is 0 Å². The number of nitriles is 1. The van der Waals surface area contributed by atoms with Gasteiger partial charge in [-0.3, -0.25) is 0 Å². The lowest BCUT2D eigenvalue weighted by atomic mass is 10.2. The first kappa shape index (κ1) is 16.6. The molecule has 0 atom stereocenters. The summed E-state index contributed by atoms with van der Waals surface area (Å²) < 4.78 is 47.4. The Morgan fingerprint density at radius 2 is 1.75 bits per heavy atom. The molecule has 0 saturated heterocycles. The topological polar surface area (TPSA) is 130 Å². The van der Waals surface area contributed by atoms with Gasteiger partial charge in [-0.25, -0.2) is 26.7 Å². The second-order valence-corrected chi connectivity index (χ2v) is 7.60. The van der Waals surface area contributed by atoms with Crippen LogP contribution in [0.1, 0.15) is 12.0 Å². The lowest BCUT2D eigenvalue weighted by molar-refractivity contribution is 0.576. The van der Waals surface area contributed by atoms with Crippen LogP contribution in [0.2, 0.25) is 0 Å². The fourth-order valence-electron chi connectivity index (χ4n) is 1.44. The van der Waals surface area contributed by atoms with Gasteiger partial charge in [-0.15, -0.1) is 0 Å². The third-order valence-electron chi connectivity index (χ3n) is 2.41. The quantitative estimate of drug-likeness (QED) is 0.667. The Morgan fingerprint density at radius 3 is 2.25 bits per heavy atom. The number of benzene rings is 1. The van der Waals surface area contributed by atoms with Gasteiger partial charge in [0, 0.05) is 6.54 Å². The van der Waals surface area contributed by atoms with E-state index in [1.54, 1.807) is 12.1 Å². The molecule has 9 heteroatoms. The Morgan fingerprint density at radius 1 is 1.15 bits per heavy atom. The normalized spacial score (nSPS) is 12.0. The van der Waals surface area contributed by atoms with E-state index in [4.69, 9.17) is 10.4 Å². The number of hydrogen-bond acceptors (Lipinski definition) is 5. The maximum Gasteiger partial charge on any atom is 0.240 e. The predicted octanol–water partition coefficient (Wildman–Crippen LogP) is -0.290. The van der Waals surface area contributed by atoms with E-state index >= 15 is 0 Å². The average molecular weight is 317 g/mol. The largest absolute Gasteiger partial charge is 0.240 e. The predicted molar refractivity (Wildman–Crippen MR) is 73.5 cm³/mol. The van der Waals surface area contributed by atoms with Gasteiger partial charge in [0.2, 0.25) is 20.0 Å². The fraction of sp³-hybridized carbons (Fsp3) is 0.364. The Balaban J connectivity index is 2.63. The summed E-state index contributed by atoms with van der Waals surface area (Å²) in [6.07, 6.45) is 0.312. The van der Waals surface area contributed by atoms with Crippen molar-refractivity contribution >= 4 is 20.0 Å². The lowest BCUT2D eigenvalue weighted by Gasteiger charge is -2.06. The first-order valence-electron chi connectivity index (χ1n) is 5.70. The molecule has 0 aromatic heterocycles. The van der Waals surface area contributed by atoms with Crippen molar-refractivity contribution in [1.29, 1.82) is 5.26 Å². The van der Waals surface area contributed by atoms with Crippen LogP contribution in [-0.2, 0) is 26.5 Å². The van der Waals surface area contributed by atoms with Crippen LogP contribution in [0.3, 0.4) is 0 Å². The molecule has 0 aliphatic carbocycles. The van der Waals surface area contributed by atoms with Crippen molar-refractivity contribution in [2.45, 2.75) is 17.7 Å². The van der Waals surface area contributed by atoms with E-state index in [1.165, 1.54) is 12.1 Å². The summed E-state index contributed by atoms with van der Waals surface area (Å²) in [7, 11) is -7.26. The Bertz CT molecular complexity index is 688. The minimum absolute atomic E-state index is 0.0152. The molecule has 20 heavy (non-hydrogen) atoms. The highest BCUT2D eigenvalue weighted by Gasteiger charge is 2.13. The van der Waals surface area contributed by atoms with Crippen LogP contribution in [0.15, 0.2) is 29.2 Å². The molecule has 110 valence electrons. The van der Waals surface area contributed by atoms with E-state index in [0.717, 1.165) is 5.56 Å². The maximum atomic E-state index is 11.9. The Kier molecular flexibility index (Phi) is 5.64. The lowest BCUT2D eigenvalue weighted by Crippen LogP contribution is -2.27. The molecule has 0 saturated carbocycles. The Hall–Kier alpha value is -1.47. The zero-order valence-corrected chi connectivity index (χ0v) is 12.2. The smallest absolute Gasteiger partial charge is 0.229 e. The van der Waals surface area contributed by atoms with Crippen molar-refractivity contribution in [3.05, 3.63) is 29.8 Å². The highest BCUT2D eigenvalue weighted by Crippen LogP contribution is 2.10. The monoisotopic (exact) mass is 317 g/mol. The molecule has 0 amide bonds. The number of primary sulfonamides is 1. The van der Waals surface area contributed by atoms with Crippen LogP contribution < -0.4 is 9.86 Å². The number of nitrogens with zero attached hydrogens (tertiary/aromatic N) is 1. The van der Waals surface area contributed by atoms with Gasteiger partial charge in [-0.2, -0.15) is 5.26 Å². The summed E-state index contributed by atoms with van der Waals surface area (Å²) in [5.74, 6) is -0.281. The van der Waals surface area contributed by atoms with Gasteiger partial charge in [0.25, 0.3) is 0 Å². The summed E-state index contributed by atoms with van der Waals surface area (Å²) in [6.45, 7) is -0.0152. The molecule has 0 spiro atoms. The van der Waals surface area contributed by atoms with Crippen LogP contribution >= 0.6 is 0 Å². The van der Waals surface area contributed by atoms with Crippen molar-refractivity contribution in [2.24, 2.45) is 5.14 Å². The first-order valence-corrected chi connectivity index (χ1v) is 8.90. The van der Waals surface area contributed by atoms with Crippen molar-refractivity contribution in [3.63, 3.8) is 0 Å². The highest BCUT2D eigenvalue weighted by molar-refractivity contribution is 7.89. The van der Waals surface area contributed by atoms with Gasteiger partial charge in [0.15, 0.2) is 0 Å². The zero-order chi connectivity index (χ0) is 15.2. The van der Waals surface area contributed by atoms with Crippen molar-refractivity contribution in [1.82, 2.24) is 4.72 Å². The van der Waals surface area contributed by atoms with Crippen LogP contribution in [0.25, 0.3) is 0 Å². The van der Waals surface area contributed by atoms with Crippen molar-refractivity contribution < 1.29 is 16.8 Å². The van der Waals surface area contributed by atoms with Crippen molar-refractivity contribution in [3.8, 4) is 6.07 Å². The molecule has 0 unspecified atom stereocenters. The van der Waals surface area contributed by atoms with Crippen LogP contribution in [0.4, 0.5) is 0 Å². The number of sulfonamides is 2. The van der Waals surface area contributed by atoms with Gasteiger partial charge in [-0.05, 0) is 24.1 Å². The van der Waals surface area contributed by atoms with Crippen molar-refractivity contribution in [2.75, 3.05) is 12.3 Å². The van der Waals surface area contributed by atoms with E-state index in [1.807, 2.05) is 6.07 Å². The molecule has 1 aromatic rings. The molecular formula is C11H15N3O4S2. The summed E-state index contributed by atoms with van der Waals surface area (Å²) in [5, 5.41) is 13.3. The molecule has 3 N–H and O–H groups in total. The molecule has 1 aromatic carbocycles. The minimum atomic E-state index is -3.68. The molecule has 0 fully saturated rings. The number of hydrogen-bond donors (Lipinski definition) is 2. The average Bonchev–Trinajstić information content (AvgIpc) is 2.35. The van der Waals surface area contributed by atoms with Crippen LogP contribution in [0.5, 0.6) is 0 Å². The van der Waals surface area contributed by atoms with E-state index in [2.05, 4.69) is 4.72 Å². The molecule has 0 aliphatic rings. The van der Waals surface area contributed by atoms with E-state index in [0.29, 0.717) is 0 Å². The molecule has 0 heterocycles. The van der Waals surface area contributed by atoms with E-state index in [9.17, 15) is 16.8 Å². The van der Waals surface area contributed by atoms with Gasteiger partial charge < -0.3 is 0 Å². The van der Waals surface area contributed by atoms with Gasteiger partial charge in [-0.1, -0.05) is 12.1 Å². The fourth-order valence-corrected chi connectivity index (χ4v) is 3.06. The number of rotatable bonds is 7. The molecule has 0 radical (unpaired) electrons. The standard InChI is InChI=1S/C11H15N3O4S2/c12-7-6-10-2-4-11(5-3-10)20(17,18)14-8-1-9-19(13,15)16/h2-5,14H,1,6,8-9H2,(H2,13,15,16). The molecule has 0 bridgehead atoms. The number of nitrogens with two attached hydrogens (primary N) is 1. The van der Waals surface area contributed by atoms with E-state index in [-0.39, 0.29) is 30.0 Å². The minimum Gasteiger partial charge on any atom is -0.229 e. The zero-order valence-electron chi connectivity index (χ0n) is 10.6. The molecular weight excluding hydrogens is 302 g/mol. The third kappa shape index (κ3) is 5.66. The molecule has 7 nitrogen and oxygen atoms in total. The number of nitrogens with one attached hydrogen (secondary N) is 1. The van der Waals surface area contributed by atoms with Gasteiger partial charge in [0.05, 0.1) is 23.1 Å². The summed E-state index contributed by atoms with van der Waals surface area (Å²) in [4.78, 5) is 0.0646. The second kappa shape index (κ2) is 6.81. The molecule has 1 rings (SSSR count). The van der Waals surface area contributed by atoms with Gasteiger partial charge in [0.1, 0.15) is 0 Å². The van der Waals surface area contributed by atoms with E-state index < -0.39 is 20.0 Å². The molecule has 0 aliphatic heterocycles. The van der Waals surface area contributed by atoms with Crippen LogP contribution in [0, 0.1) is 11.3 Å². The summed E-state index contributed by atoms with van der Waals surface area (Å²) >= 11 is 0. The SMILES string of the molecule is N#CCc1ccc(S(=O)(=O)NCCCS(N)(=O)=O)cc1. The third-order valence-corrected chi connectivity index (χ3v) is 4.75.